The zero-order valence-electron chi connectivity index (χ0n) is 7.42. The normalized spacial score (nSPS) is 16.2. The van der Waals surface area contributed by atoms with Crippen LogP contribution in [0.2, 0.25) is 0 Å². The number of carbonyl (C=O) groups excluding carboxylic acids is 1. The molecule has 0 aromatic carbocycles. The molecule has 2 nitrogen and oxygen atoms in total. The molecule has 12 heavy (non-hydrogen) atoms. The van der Waals surface area contributed by atoms with Crippen LogP contribution in [0.5, 0.6) is 0 Å². The van der Waals surface area contributed by atoms with E-state index in [1.165, 1.54) is 12.5 Å². The van der Waals surface area contributed by atoms with Crippen LogP contribution >= 0.6 is 0 Å². The maximum absolute atomic E-state index is 10.8. The molecule has 0 saturated heterocycles. The zero-order valence-corrected chi connectivity index (χ0v) is 7.42. The molecule has 0 aliphatic heterocycles. The standard InChI is InChI=1S/C10H13NO/c1-8-6-4-3-5-7-10(8)11-9(2)12/h3-5,7H,6H2,1-2H3,(H,11,12). The van der Waals surface area contributed by atoms with Crippen molar-refractivity contribution in [3.63, 3.8) is 0 Å². The molecule has 0 bridgehead atoms. The molecule has 0 aromatic heterocycles. The van der Waals surface area contributed by atoms with Crippen molar-refractivity contribution in [3.8, 4) is 0 Å². The van der Waals surface area contributed by atoms with E-state index in [0.29, 0.717) is 0 Å². The minimum absolute atomic E-state index is 0.0177. The molecule has 0 fully saturated rings. The van der Waals surface area contributed by atoms with Gasteiger partial charge in [0.15, 0.2) is 0 Å². The monoisotopic (exact) mass is 163 g/mol. The molecule has 0 atom stereocenters. The fraction of sp³-hybridized carbons (Fsp3) is 0.300. The maximum Gasteiger partial charge on any atom is 0.221 e. The van der Waals surface area contributed by atoms with Crippen LogP contribution in [0.4, 0.5) is 0 Å². The third-order valence-electron chi connectivity index (χ3n) is 1.70. The average Bonchev–Trinajstić information content (AvgIpc) is 2.16. The Kier molecular flexibility index (Phi) is 2.86. The number of nitrogens with one attached hydrogen (secondary N) is 1. The van der Waals surface area contributed by atoms with Crippen LogP contribution in [-0.2, 0) is 4.79 Å². The van der Waals surface area contributed by atoms with Crippen molar-refractivity contribution in [1.82, 2.24) is 5.32 Å². The molecule has 0 aromatic rings. The fourth-order valence-corrected chi connectivity index (χ4v) is 1.07. The highest BCUT2D eigenvalue weighted by Gasteiger charge is 2.01. The van der Waals surface area contributed by atoms with Crippen molar-refractivity contribution in [1.29, 1.82) is 0 Å². The predicted octanol–water partition coefficient (Wildman–Crippen LogP) is 1.91. The van der Waals surface area contributed by atoms with Crippen LogP contribution in [0.25, 0.3) is 0 Å². The lowest BCUT2D eigenvalue weighted by atomic mass is 10.2. The lowest BCUT2D eigenvalue weighted by Gasteiger charge is -2.05. The van der Waals surface area contributed by atoms with E-state index in [2.05, 4.69) is 11.4 Å². The molecule has 2 heteroatoms. The summed E-state index contributed by atoms with van der Waals surface area (Å²) in [6, 6.07) is 0. The van der Waals surface area contributed by atoms with E-state index in [4.69, 9.17) is 0 Å². The molecule has 0 saturated carbocycles. The van der Waals surface area contributed by atoms with Gasteiger partial charge in [0.05, 0.1) is 0 Å². The van der Waals surface area contributed by atoms with Gasteiger partial charge in [-0.25, -0.2) is 0 Å². The Morgan fingerprint density at radius 2 is 2.25 bits per heavy atom. The highest BCUT2D eigenvalue weighted by Crippen LogP contribution is 2.11. The van der Waals surface area contributed by atoms with Gasteiger partial charge in [0.2, 0.25) is 5.91 Å². The second kappa shape index (κ2) is 3.90. The SMILES string of the molecule is CC(=O)NC1=C(C)CC=CC=C1. The third-order valence-corrected chi connectivity index (χ3v) is 1.70. The highest BCUT2D eigenvalue weighted by molar-refractivity contribution is 5.75. The Hall–Kier alpha value is -1.31. The van der Waals surface area contributed by atoms with E-state index in [1.807, 2.05) is 25.2 Å². The first kappa shape index (κ1) is 8.78. The second-order valence-corrected chi connectivity index (χ2v) is 2.87. The summed E-state index contributed by atoms with van der Waals surface area (Å²) in [7, 11) is 0. The van der Waals surface area contributed by atoms with Gasteiger partial charge in [-0.05, 0) is 25.0 Å². The molecule has 0 unspecified atom stereocenters. The van der Waals surface area contributed by atoms with E-state index < -0.39 is 0 Å². The maximum atomic E-state index is 10.8. The van der Waals surface area contributed by atoms with Crippen molar-refractivity contribution in [3.05, 3.63) is 35.6 Å². The Bertz CT molecular complexity index is 272. The highest BCUT2D eigenvalue weighted by atomic mass is 16.1. The largest absolute Gasteiger partial charge is 0.326 e. The van der Waals surface area contributed by atoms with Crippen molar-refractivity contribution < 1.29 is 4.79 Å². The Labute approximate surface area is 72.7 Å². The zero-order chi connectivity index (χ0) is 8.97. The Morgan fingerprint density at radius 1 is 1.50 bits per heavy atom. The first-order valence-corrected chi connectivity index (χ1v) is 4.00. The van der Waals surface area contributed by atoms with Crippen molar-refractivity contribution >= 4 is 5.91 Å². The van der Waals surface area contributed by atoms with Gasteiger partial charge in [0.25, 0.3) is 0 Å². The molecule has 0 spiro atoms. The van der Waals surface area contributed by atoms with Gasteiger partial charge in [-0.3, -0.25) is 4.79 Å². The van der Waals surface area contributed by atoms with E-state index in [9.17, 15) is 4.79 Å². The predicted molar refractivity (Wildman–Crippen MR) is 49.4 cm³/mol. The quantitative estimate of drug-likeness (QED) is 0.628. The van der Waals surface area contributed by atoms with Gasteiger partial charge in [0.1, 0.15) is 0 Å². The summed E-state index contributed by atoms with van der Waals surface area (Å²) in [6.07, 6.45) is 8.81. The van der Waals surface area contributed by atoms with Gasteiger partial charge in [-0.2, -0.15) is 0 Å². The van der Waals surface area contributed by atoms with Gasteiger partial charge in [-0.1, -0.05) is 18.2 Å². The summed E-state index contributed by atoms with van der Waals surface area (Å²) in [5, 5.41) is 2.79. The molecule has 64 valence electrons. The van der Waals surface area contributed by atoms with Crippen LogP contribution in [-0.4, -0.2) is 5.91 Å². The second-order valence-electron chi connectivity index (χ2n) is 2.87. The molecule has 1 aliphatic carbocycles. The number of allylic oxidation sites excluding steroid dienone is 5. The van der Waals surface area contributed by atoms with Crippen LogP contribution in [0.3, 0.4) is 0 Å². The summed E-state index contributed by atoms with van der Waals surface area (Å²) in [6.45, 7) is 3.54. The molecular formula is C10H13NO. The van der Waals surface area contributed by atoms with E-state index in [0.717, 1.165) is 12.1 Å². The number of rotatable bonds is 1. The third kappa shape index (κ3) is 2.38. The van der Waals surface area contributed by atoms with Gasteiger partial charge in [0, 0.05) is 12.6 Å². The molecule has 1 N–H and O–H groups in total. The lowest BCUT2D eigenvalue weighted by molar-refractivity contribution is -0.118. The van der Waals surface area contributed by atoms with Gasteiger partial charge < -0.3 is 5.32 Å². The Morgan fingerprint density at radius 3 is 2.92 bits per heavy atom. The topological polar surface area (TPSA) is 29.1 Å². The molecule has 0 radical (unpaired) electrons. The number of carbonyl (C=O) groups is 1. The summed E-state index contributed by atoms with van der Waals surface area (Å²) in [4.78, 5) is 10.8. The van der Waals surface area contributed by atoms with E-state index >= 15 is 0 Å². The first-order valence-electron chi connectivity index (χ1n) is 4.00. The fourth-order valence-electron chi connectivity index (χ4n) is 1.07. The average molecular weight is 163 g/mol. The summed E-state index contributed by atoms with van der Waals surface area (Å²) in [5.41, 5.74) is 2.11. The van der Waals surface area contributed by atoms with Crippen LogP contribution in [0.1, 0.15) is 20.3 Å². The summed E-state index contributed by atoms with van der Waals surface area (Å²) in [5.74, 6) is -0.0177. The van der Waals surface area contributed by atoms with Crippen molar-refractivity contribution in [2.24, 2.45) is 0 Å². The minimum Gasteiger partial charge on any atom is -0.326 e. The van der Waals surface area contributed by atoms with E-state index in [1.54, 1.807) is 0 Å². The molecule has 1 rings (SSSR count). The summed E-state index contributed by atoms with van der Waals surface area (Å²) >= 11 is 0. The van der Waals surface area contributed by atoms with Crippen molar-refractivity contribution in [2.45, 2.75) is 20.3 Å². The van der Waals surface area contributed by atoms with Crippen LogP contribution in [0, 0.1) is 0 Å². The van der Waals surface area contributed by atoms with Crippen LogP contribution in [0.15, 0.2) is 35.6 Å². The summed E-state index contributed by atoms with van der Waals surface area (Å²) < 4.78 is 0. The minimum atomic E-state index is -0.0177. The van der Waals surface area contributed by atoms with Crippen LogP contribution < -0.4 is 5.32 Å². The van der Waals surface area contributed by atoms with E-state index in [-0.39, 0.29) is 5.91 Å². The Balaban J connectivity index is 2.78. The molecular weight excluding hydrogens is 150 g/mol. The molecule has 1 aliphatic rings. The van der Waals surface area contributed by atoms with Gasteiger partial charge >= 0.3 is 0 Å². The number of amides is 1. The smallest absolute Gasteiger partial charge is 0.221 e. The van der Waals surface area contributed by atoms with Crippen molar-refractivity contribution in [2.75, 3.05) is 0 Å². The first-order chi connectivity index (χ1) is 5.70. The number of hydrogen-bond donors (Lipinski definition) is 1. The van der Waals surface area contributed by atoms with Gasteiger partial charge in [-0.15, -0.1) is 0 Å². The molecule has 1 amide bonds. The lowest BCUT2D eigenvalue weighted by Crippen LogP contribution is -2.18. The molecule has 0 heterocycles. The number of hydrogen-bond acceptors (Lipinski definition) is 1.